The number of aromatic nitrogens is 1. The van der Waals surface area contributed by atoms with Crippen LogP contribution in [0.3, 0.4) is 0 Å². The summed E-state index contributed by atoms with van der Waals surface area (Å²) in [6, 6.07) is 13.3. The minimum atomic E-state index is -1.35. The number of carbonyl (C=O) groups is 2. The maximum atomic E-state index is 13.6. The molecule has 0 atom stereocenters. The number of aliphatic hydroxyl groups is 1. The van der Waals surface area contributed by atoms with Crippen molar-refractivity contribution < 1.29 is 29.3 Å². The molecule has 204 valence electrons. The smallest absolute Gasteiger partial charge is 0.372 e. The molecule has 2 aromatic heterocycles. The Morgan fingerprint density at radius 1 is 0.923 bits per heavy atom. The number of nitrogens with one attached hydrogen (secondary N) is 1. The highest BCUT2D eigenvalue weighted by atomic mass is 16.4. The van der Waals surface area contributed by atoms with E-state index in [0.717, 1.165) is 56.0 Å². The average molecular weight is 530 g/mol. The summed E-state index contributed by atoms with van der Waals surface area (Å²) < 4.78 is 5.54. The van der Waals surface area contributed by atoms with Gasteiger partial charge in [0.1, 0.15) is 0 Å². The van der Waals surface area contributed by atoms with Gasteiger partial charge in [-0.05, 0) is 54.7 Å². The van der Waals surface area contributed by atoms with Gasteiger partial charge in [-0.1, -0.05) is 74.6 Å². The number of unbranched alkanes of at least 4 members (excludes halogenated alkanes) is 3. The van der Waals surface area contributed by atoms with Gasteiger partial charge in [-0.3, -0.25) is 4.79 Å². The quantitative estimate of drug-likeness (QED) is 0.120. The lowest BCUT2D eigenvalue weighted by Gasteiger charge is -2.22. The van der Waals surface area contributed by atoms with Crippen LogP contribution < -0.4 is 0 Å². The lowest BCUT2D eigenvalue weighted by molar-refractivity contribution is 0.0661. The monoisotopic (exact) mass is 529 g/mol. The van der Waals surface area contributed by atoms with Gasteiger partial charge in [0.05, 0.1) is 11.1 Å². The summed E-state index contributed by atoms with van der Waals surface area (Å²) in [7, 11) is 0. The first-order valence-corrected chi connectivity index (χ1v) is 13.9. The molecule has 4 N–H and O–H groups in total. The Hall–Kier alpha value is -3.84. The van der Waals surface area contributed by atoms with Gasteiger partial charge in [-0.2, -0.15) is 0 Å². The average Bonchev–Trinajstić information content (AvgIpc) is 3.55. The highest BCUT2D eigenvalue weighted by Crippen LogP contribution is 2.41. The van der Waals surface area contributed by atoms with E-state index >= 15 is 0 Å². The van der Waals surface area contributed by atoms with Crippen molar-refractivity contribution in [2.45, 2.75) is 70.1 Å². The number of aliphatic hydroxyl groups excluding tert-OH is 1. The van der Waals surface area contributed by atoms with Crippen LogP contribution in [0, 0.1) is 0 Å². The molecular weight excluding hydrogens is 494 g/mol. The Bertz CT molecular complexity index is 1460. The Labute approximate surface area is 227 Å². The van der Waals surface area contributed by atoms with E-state index in [1.165, 1.54) is 24.8 Å². The number of fused-ring (bicyclic) bond motifs is 1. The SMILES string of the molecule is O=C(O)c1oc(C(=O)c2c[nH]c3c(CCCCCCO)cccc23)c(O)c1-c1ccc(C2CCCCC2)cc1. The molecule has 1 fully saturated rings. The molecule has 1 saturated carbocycles. The van der Waals surface area contributed by atoms with Gasteiger partial charge < -0.3 is 24.7 Å². The number of benzene rings is 2. The third-order valence-electron chi connectivity index (χ3n) is 7.96. The lowest BCUT2D eigenvalue weighted by atomic mass is 9.83. The predicted octanol–water partition coefficient (Wildman–Crippen LogP) is 7.21. The molecule has 0 aliphatic heterocycles. The zero-order chi connectivity index (χ0) is 27.4. The van der Waals surface area contributed by atoms with Crippen molar-refractivity contribution in [1.29, 1.82) is 0 Å². The maximum Gasteiger partial charge on any atom is 0.372 e. The fourth-order valence-electron chi connectivity index (χ4n) is 5.87. The molecule has 39 heavy (non-hydrogen) atoms. The number of rotatable bonds is 11. The van der Waals surface area contributed by atoms with Gasteiger partial charge in [0.2, 0.25) is 17.3 Å². The molecule has 4 aromatic rings. The zero-order valence-corrected chi connectivity index (χ0v) is 22.0. The van der Waals surface area contributed by atoms with Crippen LogP contribution in [-0.2, 0) is 6.42 Å². The van der Waals surface area contributed by atoms with Crippen LogP contribution in [-0.4, -0.2) is 38.7 Å². The van der Waals surface area contributed by atoms with E-state index < -0.39 is 23.3 Å². The van der Waals surface area contributed by atoms with Crippen molar-refractivity contribution in [3.05, 3.63) is 76.9 Å². The molecular formula is C32H35NO6. The molecule has 0 saturated heterocycles. The third-order valence-corrected chi connectivity index (χ3v) is 7.96. The molecule has 1 aliphatic rings. The van der Waals surface area contributed by atoms with Crippen molar-refractivity contribution in [1.82, 2.24) is 4.98 Å². The van der Waals surface area contributed by atoms with Crippen molar-refractivity contribution >= 4 is 22.7 Å². The van der Waals surface area contributed by atoms with E-state index in [-0.39, 0.29) is 17.9 Å². The van der Waals surface area contributed by atoms with Crippen molar-refractivity contribution in [3.8, 4) is 16.9 Å². The number of H-pyrrole nitrogens is 1. The van der Waals surface area contributed by atoms with Gasteiger partial charge in [-0.25, -0.2) is 4.79 Å². The second-order valence-corrected chi connectivity index (χ2v) is 10.5. The van der Waals surface area contributed by atoms with E-state index in [4.69, 9.17) is 9.52 Å². The van der Waals surface area contributed by atoms with Gasteiger partial charge in [0, 0.05) is 23.7 Å². The van der Waals surface area contributed by atoms with E-state index in [1.807, 2.05) is 30.3 Å². The molecule has 0 spiro atoms. The number of carboxylic acid groups (broad SMARTS) is 1. The summed E-state index contributed by atoms with van der Waals surface area (Å²) >= 11 is 0. The summed E-state index contributed by atoms with van der Waals surface area (Å²) in [4.78, 5) is 28.8. The Kier molecular flexibility index (Phi) is 8.17. The number of aromatic amines is 1. The number of hydrogen-bond acceptors (Lipinski definition) is 5. The fraction of sp³-hybridized carbons (Fsp3) is 0.375. The highest BCUT2D eigenvalue weighted by Gasteiger charge is 2.31. The van der Waals surface area contributed by atoms with Crippen molar-refractivity contribution in [2.75, 3.05) is 6.61 Å². The molecule has 0 radical (unpaired) electrons. The topological polar surface area (TPSA) is 124 Å². The van der Waals surface area contributed by atoms with Crippen LogP contribution in [0.1, 0.15) is 102 Å². The normalized spacial score (nSPS) is 14.2. The van der Waals surface area contributed by atoms with Gasteiger partial charge in [0.15, 0.2) is 5.75 Å². The summed E-state index contributed by atoms with van der Waals surface area (Å²) in [5, 5.41) is 30.6. The van der Waals surface area contributed by atoms with E-state index in [1.54, 1.807) is 18.3 Å². The second-order valence-electron chi connectivity index (χ2n) is 10.5. The Balaban J connectivity index is 1.44. The maximum absolute atomic E-state index is 13.6. The fourth-order valence-corrected chi connectivity index (χ4v) is 5.87. The number of ketones is 1. The number of aromatic carboxylic acids is 1. The van der Waals surface area contributed by atoms with E-state index in [9.17, 15) is 19.8 Å². The summed E-state index contributed by atoms with van der Waals surface area (Å²) in [5.74, 6) is -2.73. The van der Waals surface area contributed by atoms with Crippen molar-refractivity contribution in [2.24, 2.45) is 0 Å². The second kappa shape index (κ2) is 11.9. The molecule has 2 heterocycles. The molecule has 7 nitrogen and oxygen atoms in total. The number of aryl methyl sites for hydroxylation is 1. The lowest BCUT2D eigenvalue weighted by Crippen LogP contribution is -2.04. The Morgan fingerprint density at radius 2 is 1.67 bits per heavy atom. The van der Waals surface area contributed by atoms with Crippen LogP contribution in [0.4, 0.5) is 0 Å². The highest BCUT2D eigenvalue weighted by molar-refractivity contribution is 6.18. The minimum absolute atomic E-state index is 0.0180. The standard InChI is InChI=1S/C32H35NO6/c34-18-7-2-1-4-11-23-12-8-13-24-25(19-33-27(23)24)28(35)31-29(36)26(30(39-31)32(37)38)22-16-14-21(15-17-22)20-9-5-3-6-10-20/h8,12-17,19-20,33-34,36H,1-7,9-11,18H2,(H,37,38). The van der Waals surface area contributed by atoms with Crippen molar-refractivity contribution in [3.63, 3.8) is 0 Å². The number of hydrogen-bond donors (Lipinski definition) is 4. The summed E-state index contributed by atoms with van der Waals surface area (Å²) in [6.07, 6.45) is 12.1. The van der Waals surface area contributed by atoms with E-state index in [0.29, 0.717) is 22.4 Å². The minimum Gasteiger partial charge on any atom is -0.504 e. The molecule has 1 aliphatic carbocycles. The predicted molar refractivity (Wildman–Crippen MR) is 150 cm³/mol. The molecule has 7 heteroatoms. The number of carboxylic acids is 1. The number of carbonyl (C=O) groups excluding carboxylic acids is 1. The molecule has 0 bridgehead atoms. The summed E-state index contributed by atoms with van der Waals surface area (Å²) in [6.45, 7) is 0.203. The largest absolute Gasteiger partial charge is 0.504 e. The number of furan rings is 1. The first kappa shape index (κ1) is 26.8. The molecule has 0 unspecified atom stereocenters. The number of para-hydroxylation sites is 1. The van der Waals surface area contributed by atoms with Gasteiger partial charge >= 0.3 is 5.97 Å². The van der Waals surface area contributed by atoms with Crippen LogP contribution in [0.15, 0.2) is 53.1 Å². The zero-order valence-electron chi connectivity index (χ0n) is 22.0. The van der Waals surface area contributed by atoms with Crippen LogP contribution in [0.2, 0.25) is 0 Å². The molecule has 2 aromatic carbocycles. The van der Waals surface area contributed by atoms with Gasteiger partial charge in [0.25, 0.3) is 0 Å². The third kappa shape index (κ3) is 5.50. The molecule has 5 rings (SSSR count). The molecule has 0 amide bonds. The first-order chi connectivity index (χ1) is 19.0. The van der Waals surface area contributed by atoms with Crippen LogP contribution in [0.25, 0.3) is 22.0 Å². The van der Waals surface area contributed by atoms with E-state index in [2.05, 4.69) is 4.98 Å². The van der Waals surface area contributed by atoms with Crippen LogP contribution >= 0.6 is 0 Å². The van der Waals surface area contributed by atoms with Gasteiger partial charge in [-0.15, -0.1) is 0 Å². The number of aromatic hydroxyl groups is 1. The summed E-state index contributed by atoms with van der Waals surface area (Å²) in [5.41, 5.74) is 3.94. The Morgan fingerprint density at radius 3 is 2.38 bits per heavy atom. The van der Waals surface area contributed by atoms with Crippen LogP contribution in [0.5, 0.6) is 5.75 Å². The first-order valence-electron chi connectivity index (χ1n) is 13.9.